The van der Waals surface area contributed by atoms with Gasteiger partial charge in [0.15, 0.2) is 0 Å². The summed E-state index contributed by atoms with van der Waals surface area (Å²) >= 11 is 0. The number of carbonyl (C=O) groups excluding carboxylic acids is 2. The second-order valence-corrected chi connectivity index (χ2v) is 13.5. The third-order valence-electron chi connectivity index (χ3n) is 8.33. The molecule has 3 aromatic carbocycles. The minimum atomic E-state index is -3.65. The van der Waals surface area contributed by atoms with E-state index < -0.39 is 16.1 Å². The molecule has 44 heavy (non-hydrogen) atoms. The van der Waals surface area contributed by atoms with Crippen LogP contribution in [0.4, 0.5) is 5.69 Å². The fourth-order valence-corrected chi connectivity index (χ4v) is 6.86. The molecule has 8 nitrogen and oxygen atoms in total. The molecule has 0 saturated heterocycles. The number of anilines is 1. The van der Waals surface area contributed by atoms with Crippen LogP contribution in [0.25, 0.3) is 0 Å². The van der Waals surface area contributed by atoms with Crippen LogP contribution in [0, 0.1) is 6.92 Å². The molecule has 0 radical (unpaired) electrons. The van der Waals surface area contributed by atoms with Gasteiger partial charge in [0.05, 0.1) is 19.1 Å². The van der Waals surface area contributed by atoms with Crippen LogP contribution in [0.5, 0.6) is 5.75 Å². The first-order valence-electron chi connectivity index (χ1n) is 15.5. The summed E-state index contributed by atoms with van der Waals surface area (Å²) in [4.78, 5) is 29.8. The van der Waals surface area contributed by atoms with E-state index in [1.807, 2.05) is 61.5 Å². The highest BCUT2D eigenvalue weighted by Gasteiger charge is 2.32. The Morgan fingerprint density at radius 3 is 2.27 bits per heavy atom. The summed E-state index contributed by atoms with van der Waals surface area (Å²) in [7, 11) is -2.15. The van der Waals surface area contributed by atoms with Gasteiger partial charge in [-0.1, -0.05) is 86.0 Å². The van der Waals surface area contributed by atoms with Gasteiger partial charge in [0.25, 0.3) is 0 Å². The van der Waals surface area contributed by atoms with E-state index in [2.05, 4.69) is 5.32 Å². The van der Waals surface area contributed by atoms with Crippen molar-refractivity contribution < 1.29 is 22.7 Å². The second kappa shape index (κ2) is 15.7. The number of para-hydroxylation sites is 2. The van der Waals surface area contributed by atoms with Gasteiger partial charge in [0.2, 0.25) is 21.8 Å². The van der Waals surface area contributed by atoms with E-state index in [1.54, 1.807) is 29.2 Å². The van der Waals surface area contributed by atoms with Crippen LogP contribution in [0.2, 0.25) is 0 Å². The lowest BCUT2D eigenvalue weighted by molar-refractivity contribution is -0.141. The van der Waals surface area contributed by atoms with Gasteiger partial charge in [-0.05, 0) is 55.0 Å². The summed E-state index contributed by atoms with van der Waals surface area (Å²) in [6.07, 6.45) is 7.12. The molecule has 1 aliphatic rings. The van der Waals surface area contributed by atoms with Crippen LogP contribution in [-0.2, 0) is 32.6 Å². The summed E-state index contributed by atoms with van der Waals surface area (Å²) in [6.45, 7) is 2.38. The normalized spacial score (nSPS) is 14.4. The van der Waals surface area contributed by atoms with Crippen molar-refractivity contribution in [3.05, 3.63) is 95.6 Å². The number of ether oxygens (including phenoxy) is 1. The molecule has 0 spiro atoms. The largest absolute Gasteiger partial charge is 0.495 e. The first-order valence-corrected chi connectivity index (χ1v) is 17.3. The Morgan fingerprint density at radius 1 is 0.932 bits per heavy atom. The van der Waals surface area contributed by atoms with Gasteiger partial charge in [0, 0.05) is 32.0 Å². The van der Waals surface area contributed by atoms with Crippen LogP contribution in [0.15, 0.2) is 78.9 Å². The van der Waals surface area contributed by atoms with Crippen LogP contribution in [0.3, 0.4) is 0 Å². The molecule has 2 amide bonds. The molecule has 3 aromatic rings. The van der Waals surface area contributed by atoms with E-state index in [1.165, 1.54) is 17.8 Å². The molecule has 1 saturated carbocycles. The zero-order valence-corrected chi connectivity index (χ0v) is 26.9. The van der Waals surface area contributed by atoms with Gasteiger partial charge in [0.1, 0.15) is 11.8 Å². The zero-order chi connectivity index (χ0) is 31.5. The van der Waals surface area contributed by atoms with Crippen LogP contribution < -0.4 is 14.4 Å². The monoisotopic (exact) mass is 619 g/mol. The number of aryl methyl sites for hydroxylation is 1. The van der Waals surface area contributed by atoms with Crippen molar-refractivity contribution in [3.63, 3.8) is 0 Å². The number of sulfonamides is 1. The highest BCUT2D eigenvalue weighted by molar-refractivity contribution is 7.92. The third kappa shape index (κ3) is 9.08. The molecule has 0 aromatic heterocycles. The van der Waals surface area contributed by atoms with Crippen molar-refractivity contribution in [1.82, 2.24) is 10.2 Å². The number of methoxy groups -OCH3 is 1. The van der Waals surface area contributed by atoms with E-state index in [9.17, 15) is 18.0 Å². The van der Waals surface area contributed by atoms with E-state index in [0.717, 1.165) is 48.6 Å². The predicted octanol–water partition coefficient (Wildman–Crippen LogP) is 5.64. The Kier molecular flexibility index (Phi) is 11.8. The molecule has 0 heterocycles. The maximum atomic E-state index is 14.1. The average Bonchev–Trinajstić information content (AvgIpc) is 3.02. The topological polar surface area (TPSA) is 96.0 Å². The molecule has 0 unspecified atom stereocenters. The van der Waals surface area contributed by atoms with E-state index in [-0.39, 0.29) is 43.8 Å². The molecule has 4 rings (SSSR count). The van der Waals surface area contributed by atoms with Gasteiger partial charge in [-0.25, -0.2) is 8.42 Å². The lowest BCUT2D eigenvalue weighted by atomic mass is 9.94. The van der Waals surface area contributed by atoms with Crippen molar-refractivity contribution in [2.24, 2.45) is 0 Å². The number of nitrogens with one attached hydrogen (secondary N) is 1. The lowest BCUT2D eigenvalue weighted by Gasteiger charge is -2.34. The second-order valence-electron chi connectivity index (χ2n) is 11.6. The quantitative estimate of drug-likeness (QED) is 0.252. The Hall–Kier alpha value is -3.85. The molecular formula is C35H45N3O5S. The summed E-state index contributed by atoms with van der Waals surface area (Å²) < 4.78 is 32.3. The molecule has 236 valence electrons. The molecule has 0 aliphatic heterocycles. The van der Waals surface area contributed by atoms with E-state index in [4.69, 9.17) is 4.74 Å². The average molecular weight is 620 g/mol. The maximum absolute atomic E-state index is 14.1. The van der Waals surface area contributed by atoms with Gasteiger partial charge >= 0.3 is 0 Å². The van der Waals surface area contributed by atoms with Crippen LogP contribution in [0.1, 0.15) is 61.6 Å². The maximum Gasteiger partial charge on any atom is 0.243 e. The Labute approximate surface area is 262 Å². The highest BCUT2D eigenvalue weighted by atomic mass is 32.2. The zero-order valence-electron chi connectivity index (χ0n) is 26.1. The summed E-state index contributed by atoms with van der Waals surface area (Å²) in [5.74, 6) is 0.101. The SMILES string of the molecule is COc1ccccc1N(CCCC(=O)N(Cc1ccccc1C)[C@@H](Cc1ccccc1)C(=O)NC1CCCCC1)S(C)(=O)=O. The number of benzene rings is 3. The van der Waals surface area contributed by atoms with Crippen molar-refractivity contribution in [1.29, 1.82) is 0 Å². The summed E-state index contributed by atoms with van der Waals surface area (Å²) in [5.41, 5.74) is 3.40. The molecular weight excluding hydrogens is 574 g/mol. The van der Waals surface area contributed by atoms with Crippen LogP contribution >= 0.6 is 0 Å². The number of amides is 2. The smallest absolute Gasteiger partial charge is 0.243 e. The lowest BCUT2D eigenvalue weighted by Crippen LogP contribution is -2.53. The van der Waals surface area contributed by atoms with Crippen molar-refractivity contribution in [2.45, 2.75) is 76.9 Å². The summed E-state index contributed by atoms with van der Waals surface area (Å²) in [5, 5.41) is 3.27. The van der Waals surface area contributed by atoms with Crippen molar-refractivity contribution >= 4 is 27.5 Å². The van der Waals surface area contributed by atoms with Gasteiger partial charge in [-0.3, -0.25) is 13.9 Å². The van der Waals surface area contributed by atoms with Gasteiger partial charge in [-0.2, -0.15) is 0 Å². The number of hydrogen-bond donors (Lipinski definition) is 1. The van der Waals surface area contributed by atoms with Gasteiger partial charge < -0.3 is 15.0 Å². The molecule has 1 atom stereocenters. The number of rotatable bonds is 14. The number of carbonyl (C=O) groups is 2. The Morgan fingerprint density at radius 2 is 1.59 bits per heavy atom. The predicted molar refractivity (Wildman–Crippen MR) is 175 cm³/mol. The van der Waals surface area contributed by atoms with E-state index in [0.29, 0.717) is 17.9 Å². The first-order chi connectivity index (χ1) is 21.2. The Bertz CT molecular complexity index is 1490. The molecule has 0 bridgehead atoms. The molecule has 1 aliphatic carbocycles. The molecule has 9 heteroatoms. The highest BCUT2D eigenvalue weighted by Crippen LogP contribution is 2.30. The fraction of sp³-hybridized carbons (Fsp3) is 0.429. The standard InChI is InChI=1S/C35H45N3O5S/c1-27-15-10-11-18-29(27)26-37(32(25-28-16-6-4-7-17-28)35(40)36-30-19-8-5-9-20-30)34(39)23-14-24-38(44(3,41)42)31-21-12-13-22-33(31)43-2/h4,6-7,10-13,15-18,21-22,30,32H,5,8-9,14,19-20,23-26H2,1-3H3,(H,36,40)/t32-/m0/s1. The van der Waals surface area contributed by atoms with Gasteiger partial charge in [-0.15, -0.1) is 0 Å². The van der Waals surface area contributed by atoms with Crippen molar-refractivity contribution in [3.8, 4) is 5.75 Å². The minimum absolute atomic E-state index is 0.0784. The molecule has 1 N–H and O–H groups in total. The first kappa shape index (κ1) is 33.1. The summed E-state index contributed by atoms with van der Waals surface area (Å²) in [6, 6.07) is 24.0. The molecule has 1 fully saturated rings. The van der Waals surface area contributed by atoms with Crippen LogP contribution in [-0.4, -0.2) is 57.1 Å². The Balaban J connectivity index is 1.61. The van der Waals surface area contributed by atoms with E-state index >= 15 is 0 Å². The van der Waals surface area contributed by atoms with Crippen molar-refractivity contribution in [2.75, 3.05) is 24.2 Å². The number of hydrogen-bond acceptors (Lipinski definition) is 5. The third-order valence-corrected chi connectivity index (χ3v) is 9.51. The fourth-order valence-electron chi connectivity index (χ4n) is 5.89. The minimum Gasteiger partial charge on any atom is -0.495 e. The number of nitrogens with zero attached hydrogens (tertiary/aromatic N) is 2.